The molecule has 0 radical (unpaired) electrons. The highest BCUT2D eigenvalue weighted by Gasteiger charge is 2.29. The van der Waals surface area contributed by atoms with Crippen molar-refractivity contribution in [3.8, 4) is 17.2 Å². The number of fused-ring (bicyclic) bond motifs is 1. The molecule has 1 atom stereocenters. The molecule has 0 bridgehead atoms. The van der Waals surface area contributed by atoms with Crippen molar-refractivity contribution in [3.05, 3.63) is 40.3 Å². The second-order valence-electron chi connectivity index (χ2n) is 7.71. The lowest BCUT2D eigenvalue weighted by Crippen LogP contribution is -2.17. The second-order valence-corrected chi connectivity index (χ2v) is 9.75. The molecule has 1 aliphatic rings. The summed E-state index contributed by atoms with van der Waals surface area (Å²) in [5, 5.41) is 11.8. The smallest absolute Gasteiger partial charge is 0.341 e. The van der Waals surface area contributed by atoms with E-state index in [4.69, 9.17) is 13.9 Å². The van der Waals surface area contributed by atoms with Gasteiger partial charge in [0.2, 0.25) is 11.8 Å². The molecule has 0 aliphatic heterocycles. The van der Waals surface area contributed by atoms with E-state index in [0.717, 1.165) is 52.8 Å². The summed E-state index contributed by atoms with van der Waals surface area (Å²) in [7, 11) is 1.36. The van der Waals surface area contributed by atoms with Gasteiger partial charge >= 0.3 is 5.97 Å². The van der Waals surface area contributed by atoms with Gasteiger partial charge in [0.15, 0.2) is 0 Å². The van der Waals surface area contributed by atoms with E-state index in [1.54, 1.807) is 0 Å². The Morgan fingerprint density at radius 1 is 1.27 bits per heavy atom. The number of hydrogen-bond acceptors (Lipinski definition) is 9. The fourth-order valence-electron chi connectivity index (χ4n) is 3.69. The van der Waals surface area contributed by atoms with Gasteiger partial charge in [-0.25, -0.2) is 4.79 Å². The van der Waals surface area contributed by atoms with Crippen molar-refractivity contribution in [2.24, 2.45) is 5.92 Å². The van der Waals surface area contributed by atoms with Gasteiger partial charge in [0, 0.05) is 10.4 Å². The summed E-state index contributed by atoms with van der Waals surface area (Å²) in [4.78, 5) is 26.2. The zero-order chi connectivity index (χ0) is 23.4. The number of esters is 1. The molecule has 10 heteroatoms. The Kier molecular flexibility index (Phi) is 7.34. The number of thioether (sulfide) groups is 1. The van der Waals surface area contributed by atoms with Gasteiger partial charge in [0.25, 0.3) is 5.22 Å². The van der Waals surface area contributed by atoms with Crippen LogP contribution in [0.3, 0.4) is 0 Å². The summed E-state index contributed by atoms with van der Waals surface area (Å²) in [6, 6.07) is 7.36. The molecule has 2 heterocycles. The minimum atomic E-state index is -0.415. The molecular weight excluding hydrogens is 462 g/mol. The number of thiophene rings is 1. The summed E-state index contributed by atoms with van der Waals surface area (Å²) >= 11 is 2.60. The van der Waals surface area contributed by atoms with Gasteiger partial charge in [-0.3, -0.25) is 4.79 Å². The van der Waals surface area contributed by atoms with Crippen molar-refractivity contribution in [2.45, 2.75) is 38.3 Å². The van der Waals surface area contributed by atoms with Crippen LogP contribution in [-0.4, -0.2) is 41.5 Å². The minimum Gasteiger partial charge on any atom is -0.494 e. The molecule has 0 spiro atoms. The molecule has 1 aliphatic carbocycles. The quantitative estimate of drug-likeness (QED) is 0.356. The number of ether oxygens (including phenoxy) is 2. The third kappa shape index (κ3) is 5.39. The third-order valence-electron chi connectivity index (χ3n) is 5.30. The highest BCUT2D eigenvalue weighted by Crippen LogP contribution is 2.40. The van der Waals surface area contributed by atoms with Gasteiger partial charge in [-0.15, -0.1) is 21.5 Å². The predicted octanol–water partition coefficient (Wildman–Crippen LogP) is 4.84. The topological polar surface area (TPSA) is 104 Å². The van der Waals surface area contributed by atoms with Crippen LogP contribution in [0.5, 0.6) is 5.75 Å². The average molecular weight is 488 g/mol. The molecule has 1 aromatic carbocycles. The summed E-state index contributed by atoms with van der Waals surface area (Å²) in [5.74, 6) is 1.10. The zero-order valence-corrected chi connectivity index (χ0v) is 20.3. The van der Waals surface area contributed by atoms with Gasteiger partial charge in [0.05, 0.1) is 25.0 Å². The van der Waals surface area contributed by atoms with Crippen LogP contribution in [0.15, 0.2) is 33.9 Å². The summed E-state index contributed by atoms with van der Waals surface area (Å²) in [6.07, 6.45) is 2.74. The van der Waals surface area contributed by atoms with E-state index >= 15 is 0 Å². The Balaban J connectivity index is 1.40. The van der Waals surface area contributed by atoms with E-state index in [2.05, 4.69) is 22.4 Å². The number of nitrogens with zero attached hydrogens (tertiary/aromatic N) is 2. The summed E-state index contributed by atoms with van der Waals surface area (Å²) in [5.41, 5.74) is 2.26. The molecule has 174 valence electrons. The molecule has 1 unspecified atom stereocenters. The molecular formula is C23H25N3O5S2. The van der Waals surface area contributed by atoms with E-state index in [9.17, 15) is 9.59 Å². The Morgan fingerprint density at radius 3 is 2.79 bits per heavy atom. The van der Waals surface area contributed by atoms with Gasteiger partial charge < -0.3 is 19.2 Å². The van der Waals surface area contributed by atoms with Crippen molar-refractivity contribution in [2.75, 3.05) is 24.8 Å². The maximum atomic E-state index is 12.6. The van der Waals surface area contributed by atoms with E-state index < -0.39 is 5.97 Å². The van der Waals surface area contributed by atoms with Crippen LogP contribution in [-0.2, 0) is 22.4 Å². The number of rotatable bonds is 8. The van der Waals surface area contributed by atoms with Crippen molar-refractivity contribution < 1.29 is 23.5 Å². The number of amides is 1. The van der Waals surface area contributed by atoms with Crippen LogP contribution in [0.4, 0.5) is 5.00 Å². The fourth-order valence-corrected chi connectivity index (χ4v) is 5.67. The van der Waals surface area contributed by atoms with Crippen LogP contribution in [0.2, 0.25) is 0 Å². The van der Waals surface area contributed by atoms with E-state index in [1.165, 1.54) is 18.4 Å². The Morgan fingerprint density at radius 2 is 2.06 bits per heavy atom. The number of nitrogens with one attached hydrogen (secondary N) is 1. The normalized spacial score (nSPS) is 15.1. The van der Waals surface area contributed by atoms with Gasteiger partial charge in [0.1, 0.15) is 10.8 Å². The summed E-state index contributed by atoms with van der Waals surface area (Å²) < 4.78 is 16.1. The van der Waals surface area contributed by atoms with Crippen molar-refractivity contribution in [1.82, 2.24) is 10.2 Å². The first-order valence-corrected chi connectivity index (χ1v) is 12.5. The molecule has 0 saturated heterocycles. The van der Waals surface area contributed by atoms with Gasteiger partial charge in [-0.05, 0) is 61.9 Å². The van der Waals surface area contributed by atoms with Crippen LogP contribution in [0.1, 0.15) is 41.1 Å². The first kappa shape index (κ1) is 23.3. The van der Waals surface area contributed by atoms with Crippen LogP contribution < -0.4 is 10.1 Å². The number of methoxy groups -OCH3 is 1. The lowest BCUT2D eigenvalue weighted by atomic mass is 9.88. The number of aromatic nitrogens is 2. The molecule has 2 aromatic heterocycles. The minimum absolute atomic E-state index is 0.0739. The Bertz CT molecular complexity index is 1140. The van der Waals surface area contributed by atoms with E-state index in [-0.39, 0.29) is 11.7 Å². The molecule has 1 N–H and O–H groups in total. The average Bonchev–Trinajstić information content (AvgIpc) is 3.42. The van der Waals surface area contributed by atoms with Crippen molar-refractivity contribution in [3.63, 3.8) is 0 Å². The lowest BCUT2D eigenvalue weighted by molar-refractivity contribution is -0.113. The Hall–Kier alpha value is -2.85. The lowest BCUT2D eigenvalue weighted by Gasteiger charge is -2.18. The standard InChI is InChI=1S/C23H25N3O5S2/c1-4-30-15-8-6-14(7-9-15)20-25-26-23(31-20)32-12-18(27)24-21-19(22(28)29-3)16-10-5-13(2)11-17(16)33-21/h6-9,13H,4-5,10-12H2,1-3H3,(H,24,27). The maximum Gasteiger partial charge on any atom is 0.341 e. The first-order chi connectivity index (χ1) is 16.0. The molecule has 0 fully saturated rings. The van der Waals surface area contributed by atoms with Crippen molar-refractivity contribution >= 4 is 40.0 Å². The predicted molar refractivity (Wildman–Crippen MR) is 127 cm³/mol. The van der Waals surface area contributed by atoms with E-state index in [0.29, 0.717) is 34.2 Å². The second kappa shape index (κ2) is 10.4. The number of carbonyl (C=O) groups excluding carboxylic acids is 2. The van der Waals surface area contributed by atoms with E-state index in [1.807, 2.05) is 31.2 Å². The van der Waals surface area contributed by atoms with Crippen molar-refractivity contribution in [1.29, 1.82) is 0 Å². The fraction of sp³-hybridized carbons (Fsp3) is 0.391. The first-order valence-electron chi connectivity index (χ1n) is 10.7. The molecule has 0 saturated carbocycles. The van der Waals surface area contributed by atoms with Crippen LogP contribution >= 0.6 is 23.1 Å². The van der Waals surface area contributed by atoms with Gasteiger partial charge in [-0.2, -0.15) is 0 Å². The maximum absolute atomic E-state index is 12.6. The summed E-state index contributed by atoms with van der Waals surface area (Å²) in [6.45, 7) is 4.72. The van der Waals surface area contributed by atoms with Crippen LogP contribution in [0, 0.1) is 5.92 Å². The molecule has 33 heavy (non-hydrogen) atoms. The molecule has 3 aromatic rings. The highest BCUT2D eigenvalue weighted by atomic mass is 32.2. The number of carbonyl (C=O) groups is 2. The van der Waals surface area contributed by atoms with Gasteiger partial charge in [-0.1, -0.05) is 18.7 Å². The molecule has 1 amide bonds. The molecule has 8 nitrogen and oxygen atoms in total. The zero-order valence-electron chi connectivity index (χ0n) is 18.7. The highest BCUT2D eigenvalue weighted by molar-refractivity contribution is 7.99. The largest absolute Gasteiger partial charge is 0.494 e. The number of anilines is 1. The number of benzene rings is 1. The monoisotopic (exact) mass is 487 g/mol. The molecule has 4 rings (SSSR count). The SMILES string of the molecule is CCOc1ccc(-c2nnc(SCC(=O)Nc3sc4c(c3C(=O)OC)CCC(C)C4)o2)cc1. The van der Waals surface area contributed by atoms with Crippen LogP contribution in [0.25, 0.3) is 11.5 Å². The third-order valence-corrected chi connectivity index (χ3v) is 7.29. The number of hydrogen-bond donors (Lipinski definition) is 1. The Labute approximate surface area is 200 Å².